The minimum absolute atomic E-state index is 0.0110. The largest absolute Gasteiger partial charge is 0.497 e. The van der Waals surface area contributed by atoms with Crippen LogP contribution in [0.15, 0.2) is 43.1 Å². The molecule has 0 amide bonds. The molecule has 3 aliphatic rings. The number of hydrogen-bond acceptors (Lipinski definition) is 4. The summed E-state index contributed by atoms with van der Waals surface area (Å²) in [6.45, 7) is 4.66. The molecule has 1 aromatic carbocycles. The molecule has 0 aliphatic carbocycles. The van der Waals surface area contributed by atoms with Gasteiger partial charge >= 0.3 is 6.18 Å². The van der Waals surface area contributed by atoms with Gasteiger partial charge in [0.15, 0.2) is 5.11 Å². The Kier molecular flexibility index (Phi) is 6.57. The van der Waals surface area contributed by atoms with Crippen molar-refractivity contribution in [1.29, 1.82) is 0 Å². The molecule has 32 heavy (non-hydrogen) atoms. The van der Waals surface area contributed by atoms with Gasteiger partial charge in [-0.1, -0.05) is 6.08 Å². The molecule has 0 spiro atoms. The second kappa shape index (κ2) is 9.23. The third kappa shape index (κ3) is 4.83. The number of methoxy groups -OCH3 is 1. The Hall–Kier alpha value is -2.39. The maximum absolute atomic E-state index is 12.7. The Morgan fingerprint density at radius 3 is 2.88 bits per heavy atom. The van der Waals surface area contributed by atoms with E-state index in [2.05, 4.69) is 27.1 Å². The highest BCUT2D eigenvalue weighted by Crippen LogP contribution is 2.42. The molecular weight excluding hydrogens is 437 g/mol. The normalized spacial score (nSPS) is 25.9. The number of nitrogens with one attached hydrogen (secondary N) is 2. The Balaban J connectivity index is 1.69. The zero-order valence-corrected chi connectivity index (χ0v) is 18.7. The number of halogens is 3. The molecule has 3 fully saturated rings. The maximum atomic E-state index is 12.7. The van der Waals surface area contributed by atoms with Crippen molar-refractivity contribution in [3.63, 3.8) is 0 Å². The summed E-state index contributed by atoms with van der Waals surface area (Å²) in [4.78, 5) is 6.86. The van der Waals surface area contributed by atoms with Gasteiger partial charge < -0.3 is 15.4 Å². The summed E-state index contributed by atoms with van der Waals surface area (Å²) in [5.74, 6) is 1.64. The number of thiocarbonyl (C=S) groups is 1. The lowest BCUT2D eigenvalue weighted by atomic mass is 9.73. The molecule has 172 valence electrons. The van der Waals surface area contributed by atoms with Gasteiger partial charge in [-0.3, -0.25) is 9.88 Å². The lowest BCUT2D eigenvalue weighted by Crippen LogP contribution is -2.58. The van der Waals surface area contributed by atoms with Gasteiger partial charge in [-0.15, -0.1) is 6.58 Å². The average Bonchev–Trinajstić information content (AvgIpc) is 2.80. The molecule has 0 radical (unpaired) electrons. The van der Waals surface area contributed by atoms with Crippen LogP contribution in [0.5, 0.6) is 5.75 Å². The predicted molar refractivity (Wildman–Crippen MR) is 123 cm³/mol. The van der Waals surface area contributed by atoms with Crippen molar-refractivity contribution in [3.8, 4) is 5.75 Å². The van der Waals surface area contributed by atoms with E-state index in [0.29, 0.717) is 17.6 Å². The Labute approximate surface area is 191 Å². The summed E-state index contributed by atoms with van der Waals surface area (Å²) in [5.41, 5.74) is 1.74. The molecule has 1 unspecified atom stereocenters. The summed E-state index contributed by atoms with van der Waals surface area (Å²) in [5, 5.41) is 6.41. The number of nitrogens with zero attached hydrogens (tertiary/aromatic N) is 2. The molecule has 0 saturated carbocycles. The number of benzene rings is 1. The molecule has 2 bridgehead atoms. The van der Waals surface area contributed by atoms with Crippen molar-refractivity contribution >= 4 is 28.2 Å². The lowest BCUT2D eigenvalue weighted by molar-refractivity contribution is -0.122. The number of pyridine rings is 1. The lowest BCUT2D eigenvalue weighted by Gasteiger charge is -2.52. The van der Waals surface area contributed by atoms with Crippen LogP contribution in [0.1, 0.15) is 24.4 Å². The molecule has 2 N–H and O–H groups in total. The van der Waals surface area contributed by atoms with Crippen molar-refractivity contribution in [3.05, 3.63) is 48.7 Å². The minimum atomic E-state index is -4.34. The van der Waals surface area contributed by atoms with Crippen LogP contribution in [-0.2, 0) is 0 Å². The molecule has 5 nitrogen and oxygen atoms in total. The highest BCUT2D eigenvalue weighted by molar-refractivity contribution is 7.80. The molecule has 4 heterocycles. The Morgan fingerprint density at radius 2 is 2.22 bits per heavy atom. The first-order valence-electron chi connectivity index (χ1n) is 10.7. The standard InChI is InChI=1S/C23H27F3N4OS/c1-3-14-12-30-9-7-15(14)10-20(30)21(29-22(32)28-13-23(24,25)26)17-6-8-27-19-5-4-16(31-2)11-18(17)19/h3-6,8,11,14-15,20-21H,1,7,9-10,12-13H2,2H3,(H2,28,29,32)/t14-,15-,20-,21-/m0/s1. The van der Waals surface area contributed by atoms with Crippen molar-refractivity contribution in [2.45, 2.75) is 31.1 Å². The predicted octanol–water partition coefficient (Wildman–Crippen LogP) is 4.21. The van der Waals surface area contributed by atoms with Crippen LogP contribution in [0.25, 0.3) is 10.9 Å². The van der Waals surface area contributed by atoms with Gasteiger partial charge in [0.05, 0.1) is 18.7 Å². The van der Waals surface area contributed by atoms with E-state index in [4.69, 9.17) is 17.0 Å². The van der Waals surface area contributed by atoms with Gasteiger partial charge in [0.25, 0.3) is 0 Å². The molecule has 2 aromatic rings. The number of hydrogen-bond donors (Lipinski definition) is 2. The van der Waals surface area contributed by atoms with E-state index >= 15 is 0 Å². The fraction of sp³-hybridized carbons (Fsp3) is 0.478. The van der Waals surface area contributed by atoms with E-state index in [-0.39, 0.29) is 17.2 Å². The van der Waals surface area contributed by atoms with Gasteiger partial charge in [-0.25, -0.2) is 0 Å². The molecule has 1 aromatic heterocycles. The summed E-state index contributed by atoms with van der Waals surface area (Å²) < 4.78 is 43.6. The second-order valence-electron chi connectivity index (χ2n) is 8.45. The topological polar surface area (TPSA) is 49.4 Å². The summed E-state index contributed by atoms with van der Waals surface area (Å²) in [6.07, 6.45) is 1.43. The van der Waals surface area contributed by atoms with Gasteiger partial charge in [-0.2, -0.15) is 13.2 Å². The third-order valence-corrected chi connectivity index (χ3v) is 6.85. The minimum Gasteiger partial charge on any atom is -0.497 e. The number of fused-ring (bicyclic) bond motifs is 4. The van der Waals surface area contributed by atoms with E-state index in [9.17, 15) is 13.2 Å². The summed E-state index contributed by atoms with van der Waals surface area (Å²) >= 11 is 5.27. The third-order valence-electron chi connectivity index (χ3n) is 6.59. The van der Waals surface area contributed by atoms with E-state index in [0.717, 1.165) is 42.4 Å². The van der Waals surface area contributed by atoms with Crippen LogP contribution < -0.4 is 15.4 Å². The number of aromatic nitrogens is 1. The van der Waals surface area contributed by atoms with Crippen LogP contribution in [0, 0.1) is 11.8 Å². The van der Waals surface area contributed by atoms with Gasteiger partial charge in [0.2, 0.25) is 0 Å². The smallest absolute Gasteiger partial charge is 0.405 e. The first-order chi connectivity index (χ1) is 15.3. The quantitative estimate of drug-likeness (QED) is 0.494. The fourth-order valence-corrected chi connectivity index (χ4v) is 5.22. The highest BCUT2D eigenvalue weighted by Gasteiger charge is 2.43. The molecule has 5 atom stereocenters. The van der Waals surface area contributed by atoms with Crippen LogP contribution in [-0.4, -0.2) is 54.0 Å². The average molecular weight is 465 g/mol. The van der Waals surface area contributed by atoms with Crippen molar-refractivity contribution < 1.29 is 17.9 Å². The first-order valence-corrected chi connectivity index (χ1v) is 11.1. The number of alkyl halides is 3. The van der Waals surface area contributed by atoms with Crippen molar-refractivity contribution in [2.24, 2.45) is 11.8 Å². The zero-order valence-electron chi connectivity index (χ0n) is 17.9. The monoisotopic (exact) mass is 464 g/mol. The highest BCUT2D eigenvalue weighted by atomic mass is 32.1. The fourth-order valence-electron chi connectivity index (χ4n) is 5.02. The van der Waals surface area contributed by atoms with Gasteiger partial charge in [0, 0.05) is 24.2 Å². The van der Waals surface area contributed by atoms with Crippen LogP contribution >= 0.6 is 12.2 Å². The van der Waals surface area contributed by atoms with Crippen molar-refractivity contribution in [1.82, 2.24) is 20.5 Å². The van der Waals surface area contributed by atoms with E-state index in [1.165, 1.54) is 0 Å². The summed E-state index contributed by atoms with van der Waals surface area (Å²) in [6, 6.07) is 7.36. The van der Waals surface area contributed by atoms with E-state index < -0.39 is 12.7 Å². The van der Waals surface area contributed by atoms with Crippen molar-refractivity contribution in [2.75, 3.05) is 26.7 Å². The maximum Gasteiger partial charge on any atom is 0.405 e. The number of piperidine rings is 3. The molecular formula is C23H27F3N4OS. The molecule has 3 saturated heterocycles. The SMILES string of the molecule is C=C[C@H]1CN2CC[C@H]1C[C@H]2[C@@H](NC(=S)NCC(F)(F)F)c1ccnc2ccc(OC)cc12. The van der Waals surface area contributed by atoms with Crippen LogP contribution in [0.4, 0.5) is 13.2 Å². The molecule has 5 rings (SSSR count). The first kappa shape index (κ1) is 22.8. The van der Waals surface area contributed by atoms with Gasteiger partial charge in [0.1, 0.15) is 12.3 Å². The second-order valence-corrected chi connectivity index (χ2v) is 8.86. The summed E-state index contributed by atoms with van der Waals surface area (Å²) in [7, 11) is 1.60. The Bertz CT molecular complexity index is 999. The molecule has 9 heteroatoms. The van der Waals surface area contributed by atoms with Crippen LogP contribution in [0.2, 0.25) is 0 Å². The Morgan fingerprint density at radius 1 is 1.41 bits per heavy atom. The van der Waals surface area contributed by atoms with Gasteiger partial charge in [-0.05, 0) is 73.3 Å². The number of rotatable bonds is 6. The van der Waals surface area contributed by atoms with E-state index in [1.807, 2.05) is 30.3 Å². The van der Waals surface area contributed by atoms with E-state index in [1.54, 1.807) is 13.3 Å². The number of ether oxygens (including phenoxy) is 1. The van der Waals surface area contributed by atoms with Crippen LogP contribution in [0.3, 0.4) is 0 Å². The molecule has 3 aliphatic heterocycles. The zero-order chi connectivity index (χ0) is 22.9.